The highest BCUT2D eigenvalue weighted by atomic mass is 32.1. The van der Waals surface area contributed by atoms with Crippen molar-refractivity contribution in [2.75, 3.05) is 25.1 Å². The second-order valence-corrected chi connectivity index (χ2v) is 8.58. The van der Waals surface area contributed by atoms with Gasteiger partial charge in [0.2, 0.25) is 5.91 Å². The molecule has 2 aliphatic heterocycles. The van der Waals surface area contributed by atoms with Gasteiger partial charge in [-0.05, 0) is 37.3 Å². The number of carbonyl (C=O) groups excluding carboxylic acids is 1. The van der Waals surface area contributed by atoms with Crippen molar-refractivity contribution in [3.05, 3.63) is 35.5 Å². The second kappa shape index (κ2) is 7.20. The van der Waals surface area contributed by atoms with E-state index in [2.05, 4.69) is 31.5 Å². The van der Waals surface area contributed by atoms with Crippen LogP contribution in [0.4, 0.5) is 5.82 Å². The Morgan fingerprint density at radius 2 is 2.04 bits per heavy atom. The molecule has 2 fully saturated rings. The second-order valence-electron chi connectivity index (χ2n) is 7.40. The van der Waals surface area contributed by atoms with Gasteiger partial charge in [-0.15, -0.1) is 10.2 Å². The number of hydrogen-bond donors (Lipinski definition) is 1. The summed E-state index contributed by atoms with van der Waals surface area (Å²) in [5, 5.41) is 15.1. The molecule has 0 saturated carbocycles. The van der Waals surface area contributed by atoms with E-state index in [0.717, 1.165) is 52.4 Å². The molecule has 0 aliphatic carbocycles. The smallest absolute Gasteiger partial charge is 0.239 e. The molecular formula is C20H21N5O2S. The van der Waals surface area contributed by atoms with Gasteiger partial charge in [0, 0.05) is 29.2 Å². The molecule has 5 rings (SSSR count). The Kier molecular flexibility index (Phi) is 4.54. The van der Waals surface area contributed by atoms with Gasteiger partial charge in [-0.3, -0.25) is 9.69 Å². The van der Waals surface area contributed by atoms with Gasteiger partial charge >= 0.3 is 0 Å². The average molecular weight is 395 g/mol. The molecular weight excluding hydrogens is 374 g/mol. The Morgan fingerprint density at radius 1 is 1.21 bits per heavy atom. The van der Waals surface area contributed by atoms with Crippen LogP contribution in [0.1, 0.15) is 17.8 Å². The lowest BCUT2D eigenvalue weighted by Crippen LogP contribution is -2.48. The van der Waals surface area contributed by atoms with Gasteiger partial charge in [-0.1, -0.05) is 23.5 Å². The molecule has 1 N–H and O–H groups in total. The van der Waals surface area contributed by atoms with Crippen molar-refractivity contribution in [1.29, 1.82) is 0 Å². The minimum atomic E-state index is -0.0263. The molecule has 1 amide bonds. The number of aromatic nitrogens is 3. The molecule has 8 heteroatoms. The van der Waals surface area contributed by atoms with Crippen LogP contribution < -0.4 is 5.32 Å². The van der Waals surface area contributed by atoms with E-state index in [1.54, 1.807) is 17.5 Å². The Balaban J connectivity index is 1.33. The van der Waals surface area contributed by atoms with Gasteiger partial charge in [0.15, 0.2) is 0 Å². The molecule has 2 bridgehead atoms. The third-order valence-corrected chi connectivity index (χ3v) is 6.37. The fraction of sp³-hybridized carbons (Fsp3) is 0.400. The molecule has 0 radical (unpaired) electrons. The predicted molar refractivity (Wildman–Crippen MR) is 108 cm³/mol. The summed E-state index contributed by atoms with van der Waals surface area (Å²) in [5.41, 5.74) is 1.02. The topological polar surface area (TPSA) is 80.2 Å². The number of morpholine rings is 1. The number of amides is 1. The van der Waals surface area contributed by atoms with E-state index in [9.17, 15) is 4.79 Å². The van der Waals surface area contributed by atoms with Crippen molar-refractivity contribution in [2.45, 2.75) is 31.8 Å². The van der Waals surface area contributed by atoms with E-state index in [-0.39, 0.29) is 5.91 Å². The molecule has 28 heavy (non-hydrogen) atoms. The molecule has 4 heterocycles. The Labute approximate surface area is 166 Å². The third kappa shape index (κ3) is 3.39. The predicted octanol–water partition coefficient (Wildman–Crippen LogP) is 2.86. The third-order valence-electron chi connectivity index (χ3n) is 5.48. The van der Waals surface area contributed by atoms with Gasteiger partial charge in [0.05, 0.1) is 19.8 Å². The van der Waals surface area contributed by atoms with Crippen LogP contribution in [0.3, 0.4) is 0 Å². The summed E-state index contributed by atoms with van der Waals surface area (Å²) in [6.07, 6.45) is 4.01. The van der Waals surface area contributed by atoms with Crippen molar-refractivity contribution >= 4 is 33.8 Å². The van der Waals surface area contributed by atoms with Crippen LogP contribution in [0.15, 0.2) is 30.5 Å². The van der Waals surface area contributed by atoms with Crippen LogP contribution in [0.2, 0.25) is 0 Å². The minimum absolute atomic E-state index is 0.0263. The molecule has 3 aromatic rings. The van der Waals surface area contributed by atoms with Crippen LogP contribution >= 0.6 is 11.3 Å². The van der Waals surface area contributed by atoms with Crippen molar-refractivity contribution in [2.24, 2.45) is 0 Å². The Morgan fingerprint density at radius 3 is 2.79 bits per heavy atom. The van der Waals surface area contributed by atoms with Crippen molar-refractivity contribution in [1.82, 2.24) is 20.1 Å². The highest BCUT2D eigenvalue weighted by Gasteiger charge is 2.38. The zero-order chi connectivity index (χ0) is 19.1. The quantitative estimate of drug-likeness (QED) is 0.732. The maximum atomic E-state index is 12.6. The Bertz CT molecular complexity index is 1020. The van der Waals surface area contributed by atoms with Crippen LogP contribution in [-0.4, -0.2) is 57.8 Å². The molecule has 2 saturated heterocycles. The summed E-state index contributed by atoms with van der Waals surface area (Å²) < 4.78 is 5.59. The maximum absolute atomic E-state index is 12.6. The summed E-state index contributed by atoms with van der Waals surface area (Å²) in [7, 11) is 0. The zero-order valence-electron chi connectivity index (χ0n) is 15.6. The number of benzene rings is 1. The highest BCUT2D eigenvalue weighted by Crippen LogP contribution is 2.29. The first-order valence-electron chi connectivity index (χ1n) is 9.49. The largest absolute Gasteiger partial charge is 0.378 e. The number of rotatable bonds is 4. The number of nitrogens with one attached hydrogen (secondary N) is 1. The first-order valence-corrected chi connectivity index (χ1v) is 10.3. The number of nitrogens with zero attached hydrogens (tertiary/aromatic N) is 4. The first kappa shape index (κ1) is 17.7. The number of hydrogen-bond acceptors (Lipinski definition) is 7. The fourth-order valence-electron chi connectivity index (χ4n) is 4.07. The molecule has 7 nitrogen and oxygen atoms in total. The lowest BCUT2D eigenvalue weighted by Gasteiger charge is -2.33. The number of carbonyl (C=O) groups is 1. The standard InChI is InChI=1S/C20H21N5O2S/c1-12-23-24-20(28-12)13-2-3-14-8-21-18(7-15(14)6-13)22-19(26)9-25-16-4-5-17(25)11-27-10-16/h2-3,6-8,16-17H,4-5,9-11H2,1H3,(H,21,22,26). The number of fused-ring (bicyclic) bond motifs is 3. The normalized spacial score (nSPS) is 21.9. The van der Waals surface area contributed by atoms with Crippen LogP contribution in [-0.2, 0) is 9.53 Å². The number of pyridine rings is 1. The van der Waals surface area contributed by atoms with E-state index in [0.29, 0.717) is 24.4 Å². The average Bonchev–Trinajstić information content (AvgIpc) is 3.20. The summed E-state index contributed by atoms with van der Waals surface area (Å²) >= 11 is 1.57. The van der Waals surface area contributed by atoms with Crippen molar-refractivity contribution in [3.8, 4) is 10.6 Å². The Hall–Kier alpha value is -2.42. The number of aryl methyl sites for hydroxylation is 1. The highest BCUT2D eigenvalue weighted by molar-refractivity contribution is 7.14. The first-order chi connectivity index (χ1) is 13.7. The van der Waals surface area contributed by atoms with Gasteiger partial charge in [0.1, 0.15) is 15.8 Å². The maximum Gasteiger partial charge on any atom is 0.239 e. The lowest BCUT2D eigenvalue weighted by molar-refractivity contribution is -0.120. The van der Waals surface area contributed by atoms with Gasteiger partial charge in [-0.25, -0.2) is 4.98 Å². The molecule has 2 aliphatic rings. The summed E-state index contributed by atoms with van der Waals surface area (Å²) in [4.78, 5) is 19.2. The number of anilines is 1. The lowest BCUT2D eigenvalue weighted by atomic mass is 10.1. The van der Waals surface area contributed by atoms with E-state index in [4.69, 9.17) is 4.74 Å². The molecule has 2 aromatic heterocycles. The molecule has 2 atom stereocenters. The molecule has 0 spiro atoms. The minimum Gasteiger partial charge on any atom is -0.378 e. The van der Waals surface area contributed by atoms with E-state index in [1.807, 2.05) is 25.1 Å². The molecule has 144 valence electrons. The van der Waals surface area contributed by atoms with E-state index < -0.39 is 0 Å². The van der Waals surface area contributed by atoms with E-state index >= 15 is 0 Å². The fourth-order valence-corrected chi connectivity index (χ4v) is 4.76. The number of ether oxygens (including phenoxy) is 1. The van der Waals surface area contributed by atoms with Gasteiger partial charge < -0.3 is 10.1 Å². The summed E-state index contributed by atoms with van der Waals surface area (Å²) in [6, 6.07) is 8.76. The summed E-state index contributed by atoms with van der Waals surface area (Å²) in [5.74, 6) is 0.547. The van der Waals surface area contributed by atoms with Gasteiger partial charge in [0.25, 0.3) is 0 Å². The zero-order valence-corrected chi connectivity index (χ0v) is 16.4. The monoisotopic (exact) mass is 395 g/mol. The summed E-state index contributed by atoms with van der Waals surface area (Å²) in [6.45, 7) is 3.79. The van der Waals surface area contributed by atoms with Crippen molar-refractivity contribution in [3.63, 3.8) is 0 Å². The van der Waals surface area contributed by atoms with Crippen molar-refractivity contribution < 1.29 is 9.53 Å². The molecule has 1 aromatic carbocycles. The van der Waals surface area contributed by atoms with Crippen LogP contribution in [0.25, 0.3) is 21.3 Å². The van der Waals surface area contributed by atoms with E-state index in [1.165, 1.54) is 0 Å². The molecule has 2 unspecified atom stereocenters. The van der Waals surface area contributed by atoms with Gasteiger partial charge in [-0.2, -0.15) is 0 Å². The SMILES string of the molecule is Cc1nnc(-c2ccc3cnc(NC(=O)CN4C5CCC4COC5)cc3c2)s1. The van der Waals surface area contributed by atoms with Crippen LogP contribution in [0.5, 0.6) is 0 Å². The van der Waals surface area contributed by atoms with Crippen LogP contribution in [0, 0.1) is 6.92 Å².